The van der Waals surface area contributed by atoms with E-state index in [-0.39, 0.29) is 54.7 Å². The molecule has 2 amide bonds. The highest BCUT2D eigenvalue weighted by Gasteiger charge is 2.56. The van der Waals surface area contributed by atoms with Crippen LogP contribution in [0.3, 0.4) is 0 Å². The van der Waals surface area contributed by atoms with Gasteiger partial charge in [0.1, 0.15) is 19.0 Å². The van der Waals surface area contributed by atoms with Crippen molar-refractivity contribution in [3.63, 3.8) is 0 Å². The zero-order chi connectivity index (χ0) is 37.9. The number of aliphatic hydroxyl groups excluding tert-OH is 1. The number of carbonyl (C=O) groups is 2. The smallest absolute Gasteiger partial charge is 0.424 e. The number of alkyl carbamates (subject to hydrolysis) is 1. The summed E-state index contributed by atoms with van der Waals surface area (Å²) in [5.74, 6) is -1.24. The number of amides is 2. The van der Waals surface area contributed by atoms with Gasteiger partial charge in [-0.1, -0.05) is 50.6 Å². The highest BCUT2D eigenvalue weighted by atomic mass is 19.4. The maximum Gasteiger partial charge on any atom is 0.424 e. The molecule has 4 N–H and O–H groups in total. The maximum absolute atomic E-state index is 15.0. The summed E-state index contributed by atoms with van der Waals surface area (Å²) < 4.78 is 74.6. The van der Waals surface area contributed by atoms with Gasteiger partial charge in [0.05, 0.1) is 31.6 Å². The molecule has 278 valence electrons. The maximum atomic E-state index is 15.0. The van der Waals surface area contributed by atoms with Gasteiger partial charge in [-0.2, -0.15) is 13.2 Å². The van der Waals surface area contributed by atoms with Gasteiger partial charge < -0.3 is 35.1 Å². The van der Waals surface area contributed by atoms with Crippen LogP contribution in [0.15, 0.2) is 84.9 Å². The molecule has 0 bridgehead atoms. The topological polar surface area (TPSA) is 139 Å². The number of pyridine rings is 1. The number of halogens is 4. The number of hydrogen-bond donors (Lipinski definition) is 4. The number of nitrogens with one attached hydrogen (secondary N) is 2. The summed E-state index contributed by atoms with van der Waals surface area (Å²) in [7, 11) is 1.30. The normalized spacial score (nSPS) is 13.7. The average Bonchev–Trinajstić information content (AvgIpc) is 3.14. The fourth-order valence-electron chi connectivity index (χ4n) is 5.52. The van der Waals surface area contributed by atoms with E-state index < -0.39 is 47.2 Å². The number of benzene rings is 3. The Balaban J connectivity index is 1.70. The molecule has 0 saturated carbocycles. The monoisotopic (exact) mass is 727 g/mol. The van der Waals surface area contributed by atoms with Crippen LogP contribution < -0.4 is 20.1 Å². The molecule has 3 aromatic carbocycles. The second kappa shape index (κ2) is 17.3. The molecular weight excluding hydrogens is 686 g/mol. The van der Waals surface area contributed by atoms with Crippen LogP contribution in [-0.2, 0) is 22.4 Å². The van der Waals surface area contributed by atoms with Gasteiger partial charge in [-0.15, -0.1) is 0 Å². The number of methoxy groups -OCH3 is 1. The molecule has 4 rings (SSSR count). The number of aliphatic hydroxyl groups is 2. The summed E-state index contributed by atoms with van der Waals surface area (Å²) in [5.41, 5.74) is -4.29. The average molecular weight is 728 g/mol. The lowest BCUT2D eigenvalue weighted by atomic mass is 9.77. The van der Waals surface area contributed by atoms with Crippen LogP contribution in [0.25, 0.3) is 11.3 Å². The summed E-state index contributed by atoms with van der Waals surface area (Å²) >= 11 is 0. The molecule has 0 aliphatic carbocycles. The lowest BCUT2D eigenvalue weighted by Gasteiger charge is -2.34. The Morgan fingerprint density at radius 1 is 0.904 bits per heavy atom. The predicted molar refractivity (Wildman–Crippen MR) is 184 cm³/mol. The number of rotatable bonds is 16. The van der Waals surface area contributed by atoms with E-state index in [9.17, 15) is 32.3 Å². The molecule has 2 atom stereocenters. The number of nitrogens with zero attached hydrogens (tertiary/aromatic N) is 1. The molecule has 0 saturated heterocycles. The summed E-state index contributed by atoms with van der Waals surface area (Å²) in [5, 5.41) is 25.4. The van der Waals surface area contributed by atoms with E-state index in [0.29, 0.717) is 18.4 Å². The molecule has 10 nitrogen and oxygen atoms in total. The van der Waals surface area contributed by atoms with Crippen LogP contribution in [-0.4, -0.2) is 66.8 Å². The fraction of sp³-hybridized carbons (Fsp3) is 0.342. The first-order valence-electron chi connectivity index (χ1n) is 16.5. The van der Waals surface area contributed by atoms with Gasteiger partial charge in [0.2, 0.25) is 5.60 Å². The molecular formula is C38H41F4N3O7. The third-order valence-electron chi connectivity index (χ3n) is 8.47. The van der Waals surface area contributed by atoms with Crippen molar-refractivity contribution in [2.24, 2.45) is 0 Å². The van der Waals surface area contributed by atoms with Crippen LogP contribution in [0, 0.1) is 5.82 Å². The third-order valence-corrected chi connectivity index (χ3v) is 8.47. The molecule has 52 heavy (non-hydrogen) atoms. The zero-order valence-electron chi connectivity index (χ0n) is 28.9. The second-order valence-corrected chi connectivity index (χ2v) is 12.3. The van der Waals surface area contributed by atoms with E-state index in [0.717, 1.165) is 23.8 Å². The molecule has 0 aliphatic heterocycles. The number of aromatic nitrogens is 1. The van der Waals surface area contributed by atoms with Crippen LogP contribution >= 0.6 is 0 Å². The van der Waals surface area contributed by atoms with Gasteiger partial charge in [0.15, 0.2) is 11.5 Å². The van der Waals surface area contributed by atoms with E-state index in [2.05, 4.69) is 15.6 Å². The highest BCUT2D eigenvalue weighted by Crippen LogP contribution is 2.41. The van der Waals surface area contributed by atoms with Crippen molar-refractivity contribution in [2.45, 2.75) is 50.5 Å². The Morgan fingerprint density at radius 3 is 2.25 bits per heavy atom. The van der Waals surface area contributed by atoms with Crippen LogP contribution in [0.5, 0.6) is 11.5 Å². The van der Waals surface area contributed by atoms with Crippen molar-refractivity contribution in [2.75, 3.05) is 33.4 Å². The minimum atomic E-state index is -5.34. The van der Waals surface area contributed by atoms with Gasteiger partial charge in [0.25, 0.3) is 5.91 Å². The minimum absolute atomic E-state index is 0.00121. The van der Waals surface area contributed by atoms with E-state index in [4.69, 9.17) is 19.3 Å². The first-order valence-corrected chi connectivity index (χ1v) is 16.5. The molecule has 4 aromatic rings. The molecule has 2 unspecified atom stereocenters. The molecule has 1 aromatic heterocycles. The van der Waals surface area contributed by atoms with Gasteiger partial charge in [-0.3, -0.25) is 4.79 Å². The summed E-state index contributed by atoms with van der Waals surface area (Å²) in [4.78, 5) is 30.1. The third kappa shape index (κ3) is 9.76. The molecule has 0 radical (unpaired) electrons. The first-order chi connectivity index (χ1) is 24.7. The Hall–Kier alpha value is -5.21. The number of hydrogen-bond acceptors (Lipinski definition) is 8. The van der Waals surface area contributed by atoms with Crippen LogP contribution in [0.1, 0.15) is 53.9 Å². The predicted octanol–water partition coefficient (Wildman–Crippen LogP) is 6.43. The van der Waals surface area contributed by atoms with Crippen molar-refractivity contribution in [1.29, 1.82) is 0 Å². The second-order valence-electron chi connectivity index (χ2n) is 12.3. The molecule has 0 spiro atoms. The number of alkyl halides is 3. The van der Waals surface area contributed by atoms with E-state index in [1.807, 2.05) is 13.0 Å². The summed E-state index contributed by atoms with van der Waals surface area (Å²) in [6.07, 6.45) is -5.13. The van der Waals surface area contributed by atoms with E-state index in [1.54, 1.807) is 31.2 Å². The minimum Gasteiger partial charge on any atom is -0.493 e. The number of carbonyl (C=O) groups excluding carboxylic acids is 2. The summed E-state index contributed by atoms with van der Waals surface area (Å²) in [6.45, 7) is 1.90. The lowest BCUT2D eigenvalue weighted by Crippen LogP contribution is -2.52. The van der Waals surface area contributed by atoms with Gasteiger partial charge in [-0.05, 0) is 72.1 Å². The van der Waals surface area contributed by atoms with Gasteiger partial charge in [-0.25, -0.2) is 14.2 Å². The molecule has 0 fully saturated rings. The SMILES string of the molecule is CCCC(C)(CNC(=O)OCc1ccccc1)c1cc(-c2ccc(F)cc2)nc(C(O)(CNC(=O)c2ccc(OCCO)c(OC)c2)C(F)(F)F)c1. The largest absolute Gasteiger partial charge is 0.493 e. The van der Waals surface area contributed by atoms with Crippen molar-refractivity contribution < 1.29 is 51.6 Å². The van der Waals surface area contributed by atoms with Crippen LogP contribution in [0.4, 0.5) is 22.4 Å². The molecule has 14 heteroatoms. The first kappa shape index (κ1) is 39.6. The summed E-state index contributed by atoms with van der Waals surface area (Å²) in [6, 6.07) is 20.5. The van der Waals surface area contributed by atoms with Gasteiger partial charge >= 0.3 is 12.3 Å². The Kier molecular flexibility index (Phi) is 13.2. The standard InChI is InChI=1S/C38H41F4N3O7/c1-4-16-36(2,23-44-35(48)52-22-25-8-6-5-7-9-25)28-20-30(26-10-13-29(39)14-11-26)45-33(21-28)37(49,38(40,41)42)24-43-34(47)27-12-15-31(51-18-17-46)32(19-27)50-3/h5-15,19-21,46,49H,4,16-18,22-24H2,1-3H3,(H,43,47)(H,44,48). The quantitative estimate of drug-likeness (QED) is 0.0970. The van der Waals surface area contributed by atoms with Crippen molar-refractivity contribution >= 4 is 12.0 Å². The van der Waals surface area contributed by atoms with Gasteiger partial charge in [0, 0.05) is 23.1 Å². The molecule has 1 heterocycles. The van der Waals surface area contributed by atoms with Crippen LogP contribution in [0.2, 0.25) is 0 Å². The number of ether oxygens (including phenoxy) is 3. The van der Waals surface area contributed by atoms with Crippen molar-refractivity contribution in [3.8, 4) is 22.8 Å². The zero-order valence-corrected chi connectivity index (χ0v) is 28.9. The fourth-order valence-corrected chi connectivity index (χ4v) is 5.52. The Bertz CT molecular complexity index is 1810. The van der Waals surface area contributed by atoms with E-state index >= 15 is 0 Å². The Morgan fingerprint density at radius 2 is 1.62 bits per heavy atom. The van der Waals surface area contributed by atoms with Crippen molar-refractivity contribution in [3.05, 3.63) is 113 Å². The van der Waals surface area contributed by atoms with Crippen molar-refractivity contribution in [1.82, 2.24) is 15.6 Å². The lowest BCUT2D eigenvalue weighted by molar-refractivity contribution is -0.265. The van der Waals surface area contributed by atoms with E-state index in [1.165, 1.54) is 43.5 Å². The highest BCUT2D eigenvalue weighted by molar-refractivity contribution is 5.95. The molecule has 0 aliphatic rings. The Labute approximate surface area is 298 Å².